The second-order valence-electron chi connectivity index (χ2n) is 3.82. The topological polar surface area (TPSA) is 61.4 Å². The van der Waals surface area contributed by atoms with Crippen LogP contribution in [0.15, 0.2) is 0 Å². The van der Waals surface area contributed by atoms with Gasteiger partial charge in [-0.25, -0.2) is 0 Å². The molecular formula is C10H22N2O2. The molecule has 0 fully saturated rings. The van der Waals surface area contributed by atoms with Crippen LogP contribution in [0.25, 0.3) is 0 Å². The van der Waals surface area contributed by atoms with Gasteiger partial charge in [0.05, 0.1) is 0 Å². The van der Waals surface area contributed by atoms with E-state index in [1.807, 2.05) is 20.9 Å². The van der Waals surface area contributed by atoms with Gasteiger partial charge in [0.2, 0.25) is 5.91 Å². The average molecular weight is 202 g/mol. The Morgan fingerprint density at radius 2 is 2.00 bits per heavy atom. The van der Waals surface area contributed by atoms with E-state index >= 15 is 0 Å². The molecule has 0 saturated heterocycles. The lowest BCUT2D eigenvalue weighted by molar-refractivity contribution is -0.124. The summed E-state index contributed by atoms with van der Waals surface area (Å²) in [7, 11) is 1.83. The number of hydrogen-bond acceptors (Lipinski definition) is 3. The molecule has 0 aromatic heterocycles. The second kappa shape index (κ2) is 7.76. The number of aliphatic hydroxyl groups excluding tert-OH is 1. The molecule has 84 valence electrons. The largest absolute Gasteiger partial charge is 0.396 e. The standard InChI is InChI=1S/C10H22N2O2/c1-8(4-5-13)6-12-10(14)9(2)7-11-3/h8-9,11,13H,4-7H2,1-3H3,(H,12,14). The van der Waals surface area contributed by atoms with Crippen molar-refractivity contribution in [1.29, 1.82) is 0 Å². The predicted molar refractivity (Wildman–Crippen MR) is 57.0 cm³/mol. The summed E-state index contributed by atoms with van der Waals surface area (Å²) in [5.41, 5.74) is 0. The third-order valence-corrected chi connectivity index (χ3v) is 2.20. The maximum absolute atomic E-state index is 11.4. The molecule has 0 radical (unpaired) electrons. The van der Waals surface area contributed by atoms with Gasteiger partial charge in [-0.2, -0.15) is 0 Å². The third-order valence-electron chi connectivity index (χ3n) is 2.20. The first-order valence-electron chi connectivity index (χ1n) is 5.15. The van der Waals surface area contributed by atoms with E-state index in [9.17, 15) is 4.79 Å². The molecular weight excluding hydrogens is 180 g/mol. The first-order valence-corrected chi connectivity index (χ1v) is 5.15. The van der Waals surface area contributed by atoms with Gasteiger partial charge in [-0.05, 0) is 19.4 Å². The molecule has 0 aromatic rings. The van der Waals surface area contributed by atoms with Gasteiger partial charge in [-0.3, -0.25) is 4.79 Å². The van der Waals surface area contributed by atoms with Gasteiger partial charge in [-0.15, -0.1) is 0 Å². The van der Waals surface area contributed by atoms with E-state index in [0.717, 1.165) is 6.42 Å². The summed E-state index contributed by atoms with van der Waals surface area (Å²) in [6, 6.07) is 0. The highest BCUT2D eigenvalue weighted by Gasteiger charge is 2.12. The zero-order valence-electron chi connectivity index (χ0n) is 9.34. The minimum Gasteiger partial charge on any atom is -0.396 e. The van der Waals surface area contributed by atoms with Crippen molar-refractivity contribution in [1.82, 2.24) is 10.6 Å². The summed E-state index contributed by atoms with van der Waals surface area (Å²) < 4.78 is 0. The number of aliphatic hydroxyl groups is 1. The molecule has 3 N–H and O–H groups in total. The highest BCUT2D eigenvalue weighted by atomic mass is 16.3. The molecule has 0 bridgehead atoms. The lowest BCUT2D eigenvalue weighted by Gasteiger charge is -2.14. The minimum absolute atomic E-state index is 0.00123. The van der Waals surface area contributed by atoms with Crippen molar-refractivity contribution >= 4 is 5.91 Å². The van der Waals surface area contributed by atoms with Crippen molar-refractivity contribution in [2.75, 3.05) is 26.7 Å². The summed E-state index contributed by atoms with van der Waals surface area (Å²) in [5.74, 6) is 0.413. The fraction of sp³-hybridized carbons (Fsp3) is 0.900. The van der Waals surface area contributed by atoms with Crippen molar-refractivity contribution < 1.29 is 9.90 Å². The van der Waals surface area contributed by atoms with Crippen molar-refractivity contribution in [2.45, 2.75) is 20.3 Å². The molecule has 0 aliphatic rings. The Kier molecular flexibility index (Phi) is 7.42. The van der Waals surface area contributed by atoms with Gasteiger partial charge in [0.15, 0.2) is 0 Å². The van der Waals surface area contributed by atoms with E-state index in [4.69, 9.17) is 5.11 Å². The van der Waals surface area contributed by atoms with E-state index in [2.05, 4.69) is 10.6 Å². The van der Waals surface area contributed by atoms with E-state index in [0.29, 0.717) is 19.0 Å². The summed E-state index contributed by atoms with van der Waals surface area (Å²) in [4.78, 5) is 11.4. The molecule has 0 saturated carbocycles. The van der Waals surface area contributed by atoms with Crippen molar-refractivity contribution in [3.05, 3.63) is 0 Å². The van der Waals surface area contributed by atoms with Crippen molar-refractivity contribution in [2.24, 2.45) is 11.8 Å². The van der Waals surface area contributed by atoms with Crippen LogP contribution in [-0.4, -0.2) is 37.8 Å². The molecule has 2 atom stereocenters. The Bertz CT molecular complexity index is 162. The molecule has 4 heteroatoms. The Labute approximate surface area is 86.1 Å². The SMILES string of the molecule is CNCC(C)C(=O)NCC(C)CCO. The quantitative estimate of drug-likeness (QED) is 0.543. The third kappa shape index (κ3) is 5.94. The molecule has 0 aliphatic heterocycles. The van der Waals surface area contributed by atoms with Crippen LogP contribution in [0.2, 0.25) is 0 Å². The van der Waals surface area contributed by atoms with Crippen molar-refractivity contribution in [3.63, 3.8) is 0 Å². The van der Waals surface area contributed by atoms with E-state index in [1.165, 1.54) is 0 Å². The summed E-state index contributed by atoms with van der Waals surface area (Å²) in [6.07, 6.45) is 0.737. The van der Waals surface area contributed by atoms with Crippen LogP contribution in [0.4, 0.5) is 0 Å². The molecule has 0 aliphatic carbocycles. The summed E-state index contributed by atoms with van der Waals surface area (Å²) in [6.45, 7) is 5.43. The number of carbonyl (C=O) groups excluding carboxylic acids is 1. The average Bonchev–Trinajstić information content (AvgIpc) is 2.15. The van der Waals surface area contributed by atoms with Crippen LogP contribution in [0, 0.1) is 11.8 Å². The van der Waals surface area contributed by atoms with Gasteiger partial charge >= 0.3 is 0 Å². The van der Waals surface area contributed by atoms with Crippen LogP contribution < -0.4 is 10.6 Å². The van der Waals surface area contributed by atoms with Gasteiger partial charge in [0.1, 0.15) is 0 Å². The van der Waals surface area contributed by atoms with Gasteiger partial charge in [0, 0.05) is 25.6 Å². The van der Waals surface area contributed by atoms with Crippen LogP contribution in [0.3, 0.4) is 0 Å². The lowest BCUT2D eigenvalue weighted by Crippen LogP contribution is -2.36. The van der Waals surface area contributed by atoms with Gasteiger partial charge in [-0.1, -0.05) is 13.8 Å². The maximum Gasteiger partial charge on any atom is 0.224 e. The van der Waals surface area contributed by atoms with Gasteiger partial charge < -0.3 is 15.7 Å². The Balaban J connectivity index is 3.61. The van der Waals surface area contributed by atoms with Crippen LogP contribution in [0.1, 0.15) is 20.3 Å². The van der Waals surface area contributed by atoms with Crippen LogP contribution in [-0.2, 0) is 4.79 Å². The number of rotatable bonds is 7. The lowest BCUT2D eigenvalue weighted by atomic mass is 10.1. The number of amides is 1. The first kappa shape index (κ1) is 13.4. The molecule has 0 rings (SSSR count). The van der Waals surface area contributed by atoms with Crippen LogP contribution in [0.5, 0.6) is 0 Å². The van der Waals surface area contributed by atoms with E-state index in [1.54, 1.807) is 0 Å². The minimum atomic E-state index is 0.00123. The maximum atomic E-state index is 11.4. The van der Waals surface area contributed by atoms with E-state index in [-0.39, 0.29) is 18.4 Å². The Morgan fingerprint density at radius 3 is 2.50 bits per heavy atom. The molecule has 14 heavy (non-hydrogen) atoms. The van der Waals surface area contributed by atoms with E-state index < -0.39 is 0 Å². The highest BCUT2D eigenvalue weighted by Crippen LogP contribution is 1.99. The smallest absolute Gasteiger partial charge is 0.224 e. The second-order valence-corrected chi connectivity index (χ2v) is 3.82. The van der Waals surface area contributed by atoms with Gasteiger partial charge in [0.25, 0.3) is 0 Å². The normalized spacial score (nSPS) is 14.9. The molecule has 2 unspecified atom stereocenters. The number of nitrogens with one attached hydrogen (secondary N) is 2. The molecule has 4 nitrogen and oxygen atoms in total. The molecule has 1 amide bonds. The highest BCUT2D eigenvalue weighted by molar-refractivity contribution is 5.78. The summed E-state index contributed by atoms with van der Waals surface area (Å²) in [5, 5.41) is 14.5. The number of carbonyl (C=O) groups is 1. The zero-order chi connectivity index (χ0) is 11.0. The monoisotopic (exact) mass is 202 g/mol. The Hall–Kier alpha value is -0.610. The molecule has 0 aromatic carbocycles. The Morgan fingerprint density at radius 1 is 1.36 bits per heavy atom. The number of hydrogen-bond donors (Lipinski definition) is 3. The fourth-order valence-corrected chi connectivity index (χ4v) is 1.17. The van der Waals surface area contributed by atoms with Crippen LogP contribution >= 0.6 is 0 Å². The zero-order valence-corrected chi connectivity index (χ0v) is 9.34. The molecule has 0 spiro atoms. The molecule has 0 heterocycles. The first-order chi connectivity index (χ1) is 6.61. The fourth-order valence-electron chi connectivity index (χ4n) is 1.17. The summed E-state index contributed by atoms with van der Waals surface area (Å²) >= 11 is 0. The predicted octanol–water partition coefficient (Wildman–Crippen LogP) is -0.0234. The van der Waals surface area contributed by atoms with Crippen molar-refractivity contribution in [3.8, 4) is 0 Å².